The number of carbonyl (C=O) groups is 1. The fourth-order valence-corrected chi connectivity index (χ4v) is 2.44. The van der Waals surface area contributed by atoms with Crippen LogP contribution in [0.4, 0.5) is 0 Å². The van der Waals surface area contributed by atoms with Crippen LogP contribution in [0.5, 0.6) is 11.5 Å². The van der Waals surface area contributed by atoms with Crippen LogP contribution in [-0.4, -0.2) is 28.3 Å². The Morgan fingerprint density at radius 1 is 1.44 bits per heavy atom. The van der Waals surface area contributed by atoms with Gasteiger partial charge in [-0.2, -0.15) is 0 Å². The van der Waals surface area contributed by atoms with Gasteiger partial charge in [-0.3, -0.25) is 0 Å². The number of phenols is 1. The first-order valence-corrected chi connectivity index (χ1v) is 5.92. The second-order valence-corrected chi connectivity index (χ2v) is 4.62. The van der Waals surface area contributed by atoms with Gasteiger partial charge in [0.2, 0.25) is 0 Å². The molecule has 94 valence electrons. The molecule has 18 heavy (non-hydrogen) atoms. The van der Waals surface area contributed by atoms with Crippen LogP contribution in [0.1, 0.15) is 15.4 Å². The zero-order chi connectivity index (χ0) is 13.3. The summed E-state index contributed by atoms with van der Waals surface area (Å²) in [4.78, 5) is 15.3. The number of thiazole rings is 1. The van der Waals surface area contributed by atoms with Gasteiger partial charge in [-0.05, 0) is 25.1 Å². The van der Waals surface area contributed by atoms with E-state index in [-0.39, 0.29) is 10.6 Å². The molecule has 0 bridgehead atoms. The Morgan fingerprint density at radius 3 is 2.67 bits per heavy atom. The van der Waals surface area contributed by atoms with Crippen molar-refractivity contribution in [3.63, 3.8) is 0 Å². The van der Waals surface area contributed by atoms with E-state index in [2.05, 4.69) is 4.98 Å². The SMILES string of the molecule is COc1ccc(-c2nc(C)c(C(=O)O)s2)cc1O. The van der Waals surface area contributed by atoms with Crippen LogP contribution in [0.2, 0.25) is 0 Å². The molecule has 1 aromatic heterocycles. The Bertz CT molecular complexity index is 606. The van der Waals surface area contributed by atoms with Crippen molar-refractivity contribution in [1.82, 2.24) is 4.98 Å². The molecule has 6 heteroatoms. The molecule has 1 aromatic carbocycles. The summed E-state index contributed by atoms with van der Waals surface area (Å²) >= 11 is 1.08. The number of aromatic carboxylic acids is 1. The number of rotatable bonds is 3. The third-order valence-corrected chi connectivity index (χ3v) is 3.61. The smallest absolute Gasteiger partial charge is 0.347 e. The second kappa shape index (κ2) is 4.66. The number of carboxylic acids is 1. The first-order chi connectivity index (χ1) is 8.52. The molecule has 0 fully saturated rings. The van der Waals surface area contributed by atoms with Crippen molar-refractivity contribution in [2.75, 3.05) is 7.11 Å². The number of hydrogen-bond donors (Lipinski definition) is 2. The van der Waals surface area contributed by atoms with Gasteiger partial charge in [0, 0.05) is 5.56 Å². The van der Waals surface area contributed by atoms with Gasteiger partial charge in [0.05, 0.1) is 12.8 Å². The fraction of sp³-hybridized carbons (Fsp3) is 0.167. The molecule has 0 aliphatic carbocycles. The van der Waals surface area contributed by atoms with Gasteiger partial charge in [0.15, 0.2) is 11.5 Å². The third kappa shape index (κ3) is 2.14. The van der Waals surface area contributed by atoms with Crippen molar-refractivity contribution >= 4 is 17.3 Å². The van der Waals surface area contributed by atoms with E-state index >= 15 is 0 Å². The quantitative estimate of drug-likeness (QED) is 0.891. The second-order valence-electron chi connectivity index (χ2n) is 3.63. The molecule has 0 aliphatic rings. The van der Waals surface area contributed by atoms with Crippen LogP contribution < -0.4 is 4.74 Å². The maximum absolute atomic E-state index is 10.9. The molecule has 0 atom stereocenters. The van der Waals surface area contributed by atoms with Gasteiger partial charge >= 0.3 is 5.97 Å². The van der Waals surface area contributed by atoms with Crippen LogP contribution in [-0.2, 0) is 0 Å². The summed E-state index contributed by atoms with van der Waals surface area (Å²) in [7, 11) is 1.46. The number of aryl methyl sites for hydroxylation is 1. The number of benzene rings is 1. The topological polar surface area (TPSA) is 79.7 Å². The molecular weight excluding hydrogens is 254 g/mol. The highest BCUT2D eigenvalue weighted by molar-refractivity contribution is 7.17. The first-order valence-electron chi connectivity index (χ1n) is 5.11. The molecule has 0 spiro atoms. The van der Waals surface area contributed by atoms with E-state index in [0.717, 1.165) is 11.3 Å². The zero-order valence-electron chi connectivity index (χ0n) is 9.80. The molecule has 2 aromatic rings. The molecule has 0 aliphatic heterocycles. The van der Waals surface area contributed by atoms with Gasteiger partial charge in [-0.15, -0.1) is 11.3 Å². The lowest BCUT2D eigenvalue weighted by Gasteiger charge is -2.03. The Morgan fingerprint density at radius 2 is 2.17 bits per heavy atom. The van der Waals surface area contributed by atoms with Crippen molar-refractivity contribution < 1.29 is 19.7 Å². The Kier molecular flexibility index (Phi) is 3.20. The van der Waals surface area contributed by atoms with E-state index in [9.17, 15) is 9.90 Å². The van der Waals surface area contributed by atoms with E-state index in [1.807, 2.05) is 0 Å². The molecular formula is C12H11NO4S. The minimum atomic E-state index is -0.992. The van der Waals surface area contributed by atoms with E-state index in [0.29, 0.717) is 22.0 Å². The summed E-state index contributed by atoms with van der Waals surface area (Å²) in [6, 6.07) is 4.84. The van der Waals surface area contributed by atoms with Crippen molar-refractivity contribution in [3.05, 3.63) is 28.8 Å². The molecule has 0 amide bonds. The Balaban J connectivity index is 2.46. The summed E-state index contributed by atoms with van der Waals surface area (Å²) < 4.78 is 4.94. The molecule has 5 nitrogen and oxygen atoms in total. The molecule has 0 radical (unpaired) electrons. The highest BCUT2D eigenvalue weighted by Crippen LogP contribution is 2.34. The standard InChI is InChI=1S/C12H11NO4S/c1-6-10(12(15)16)18-11(13-6)7-3-4-9(17-2)8(14)5-7/h3-5,14H,1-2H3,(H,15,16). The number of hydrogen-bond acceptors (Lipinski definition) is 5. The summed E-state index contributed by atoms with van der Waals surface area (Å²) in [6.45, 7) is 1.65. The first kappa shape index (κ1) is 12.4. The predicted octanol–water partition coefficient (Wildman–Crippen LogP) is 2.53. The van der Waals surface area contributed by atoms with Gasteiger partial charge in [-0.1, -0.05) is 0 Å². The van der Waals surface area contributed by atoms with Gasteiger partial charge < -0.3 is 14.9 Å². The van der Waals surface area contributed by atoms with E-state index in [4.69, 9.17) is 9.84 Å². The zero-order valence-corrected chi connectivity index (χ0v) is 10.6. The van der Waals surface area contributed by atoms with Crippen LogP contribution >= 0.6 is 11.3 Å². The normalized spacial score (nSPS) is 10.3. The van der Waals surface area contributed by atoms with Crippen LogP contribution in [0.15, 0.2) is 18.2 Å². The van der Waals surface area contributed by atoms with Crippen molar-refractivity contribution in [2.45, 2.75) is 6.92 Å². The molecule has 1 heterocycles. The lowest BCUT2D eigenvalue weighted by molar-refractivity contribution is 0.0701. The monoisotopic (exact) mass is 265 g/mol. The molecule has 2 N–H and O–H groups in total. The highest BCUT2D eigenvalue weighted by Gasteiger charge is 2.15. The number of aromatic nitrogens is 1. The van der Waals surface area contributed by atoms with E-state index in [1.54, 1.807) is 19.1 Å². The lowest BCUT2D eigenvalue weighted by Crippen LogP contribution is -1.94. The van der Waals surface area contributed by atoms with Crippen molar-refractivity contribution in [2.24, 2.45) is 0 Å². The van der Waals surface area contributed by atoms with Gasteiger partial charge in [-0.25, -0.2) is 9.78 Å². The number of phenolic OH excluding ortho intramolecular Hbond substituents is 1. The van der Waals surface area contributed by atoms with Crippen LogP contribution in [0.3, 0.4) is 0 Å². The lowest BCUT2D eigenvalue weighted by atomic mass is 10.2. The van der Waals surface area contributed by atoms with E-state index in [1.165, 1.54) is 13.2 Å². The Labute approximate surface area is 107 Å². The minimum Gasteiger partial charge on any atom is -0.504 e. The van der Waals surface area contributed by atoms with Crippen LogP contribution in [0.25, 0.3) is 10.6 Å². The number of carboxylic acid groups (broad SMARTS) is 1. The highest BCUT2D eigenvalue weighted by atomic mass is 32.1. The predicted molar refractivity (Wildman–Crippen MR) is 67.5 cm³/mol. The van der Waals surface area contributed by atoms with Gasteiger partial charge in [0.25, 0.3) is 0 Å². The third-order valence-electron chi connectivity index (χ3n) is 2.42. The average molecular weight is 265 g/mol. The van der Waals surface area contributed by atoms with E-state index < -0.39 is 5.97 Å². The largest absolute Gasteiger partial charge is 0.504 e. The number of ether oxygens (including phenoxy) is 1. The summed E-state index contributed by atoms with van der Waals surface area (Å²) in [5.41, 5.74) is 1.13. The maximum atomic E-state index is 10.9. The summed E-state index contributed by atoms with van der Waals surface area (Å²) in [5.74, 6) is -0.626. The Hall–Kier alpha value is -2.08. The number of methoxy groups -OCH3 is 1. The summed E-state index contributed by atoms with van der Waals surface area (Å²) in [5, 5.41) is 19.2. The fourth-order valence-electron chi connectivity index (χ4n) is 1.54. The maximum Gasteiger partial charge on any atom is 0.347 e. The van der Waals surface area contributed by atoms with Crippen molar-refractivity contribution in [3.8, 4) is 22.1 Å². The van der Waals surface area contributed by atoms with Crippen LogP contribution in [0, 0.1) is 6.92 Å². The molecule has 0 saturated heterocycles. The summed E-state index contributed by atoms with van der Waals surface area (Å²) in [6.07, 6.45) is 0. The molecule has 0 saturated carbocycles. The average Bonchev–Trinajstić information content (AvgIpc) is 2.71. The van der Waals surface area contributed by atoms with Gasteiger partial charge in [0.1, 0.15) is 9.88 Å². The molecule has 0 unspecified atom stereocenters. The number of nitrogens with zero attached hydrogens (tertiary/aromatic N) is 1. The number of aromatic hydroxyl groups is 1. The minimum absolute atomic E-state index is 0.000252. The van der Waals surface area contributed by atoms with Crippen molar-refractivity contribution in [1.29, 1.82) is 0 Å². The molecule has 2 rings (SSSR count).